The van der Waals surface area contributed by atoms with Crippen LogP contribution in [0.15, 0.2) is 67.3 Å². The summed E-state index contributed by atoms with van der Waals surface area (Å²) in [6.45, 7) is 7.95. The topological polar surface area (TPSA) is 107 Å². The Hall–Kier alpha value is -4.52. The van der Waals surface area contributed by atoms with Gasteiger partial charge in [0.25, 0.3) is 0 Å². The molecule has 2 aliphatic rings. The molecule has 2 atom stereocenters. The summed E-state index contributed by atoms with van der Waals surface area (Å²) in [7, 11) is 1.97. The van der Waals surface area contributed by atoms with E-state index in [2.05, 4.69) is 32.1 Å². The molecule has 1 saturated heterocycles. The van der Waals surface area contributed by atoms with Crippen molar-refractivity contribution in [2.75, 3.05) is 29.9 Å². The Labute approximate surface area is 288 Å². The van der Waals surface area contributed by atoms with Crippen molar-refractivity contribution in [1.82, 2.24) is 24.5 Å². The molecular weight excluding hydrogens is 585 g/mol. The number of hydrogen-bond donors (Lipinski definition) is 1. The van der Waals surface area contributed by atoms with Crippen molar-refractivity contribution in [3.05, 3.63) is 94.6 Å². The van der Waals surface area contributed by atoms with E-state index in [0.29, 0.717) is 41.7 Å². The largest absolute Gasteiger partial charge is 1.00 e. The number of carbonyl (C=O) groups excluding carboxylic acids is 1. The summed E-state index contributed by atoms with van der Waals surface area (Å²) in [5, 5.41) is 3.45. The number of ether oxygens (including phenoxy) is 2. The summed E-state index contributed by atoms with van der Waals surface area (Å²) in [4.78, 5) is 32.9. The summed E-state index contributed by atoms with van der Waals surface area (Å²) in [6.07, 6.45) is 8.86. The number of ketones is 1. The van der Waals surface area contributed by atoms with E-state index in [1.165, 1.54) is 0 Å². The van der Waals surface area contributed by atoms with Crippen molar-refractivity contribution in [3.8, 4) is 17.2 Å². The molecule has 2 aromatic carbocycles. The number of nitrogens with zero attached hydrogens (tertiary/aromatic N) is 6. The molecule has 1 N–H and O–H groups in total. The van der Waals surface area contributed by atoms with Crippen LogP contribution in [0.2, 0.25) is 0 Å². The third-order valence-electron chi connectivity index (χ3n) is 8.63. The maximum atomic E-state index is 12.0. The number of fused-ring (bicyclic) bond motifs is 6. The normalized spacial score (nSPS) is 16.7. The van der Waals surface area contributed by atoms with Gasteiger partial charge in [0.05, 0.1) is 35.3 Å². The quantitative estimate of drug-likeness (QED) is 0.154. The van der Waals surface area contributed by atoms with Gasteiger partial charge in [-0.1, -0.05) is 0 Å². The van der Waals surface area contributed by atoms with Gasteiger partial charge in [-0.25, -0.2) is 32.9 Å². The Balaban J connectivity index is 0.00000167. The van der Waals surface area contributed by atoms with Crippen LogP contribution in [0.4, 0.5) is 17.3 Å². The van der Waals surface area contributed by atoms with Crippen LogP contribution in [0.5, 0.6) is 17.2 Å². The van der Waals surface area contributed by atoms with Gasteiger partial charge in [-0.3, -0.25) is 0 Å². The first kappa shape index (κ1) is 35.3. The number of piperidine rings is 1. The summed E-state index contributed by atoms with van der Waals surface area (Å²) in [5.74, 6) is 4.57. The fourth-order valence-corrected chi connectivity index (χ4v) is 6.25. The number of carbonyl (C=O) groups is 1. The summed E-state index contributed by atoms with van der Waals surface area (Å²) in [6, 6.07) is 13.8. The van der Waals surface area contributed by atoms with Crippen LogP contribution in [0.25, 0.3) is 22.1 Å². The molecule has 1 unspecified atom stereocenters. The van der Waals surface area contributed by atoms with Gasteiger partial charge in [0.1, 0.15) is 23.3 Å². The van der Waals surface area contributed by atoms with E-state index in [9.17, 15) is 4.79 Å². The van der Waals surface area contributed by atoms with Gasteiger partial charge in [0, 0.05) is 43.9 Å². The number of aryl methyl sites for hydroxylation is 2. The SMILES string of the molecule is [CH2-]/C=C/C(=O)CCC1CCN2C[C@H]1COc1cc3ncnc(Nc4ccc(Oc5ccc6c(c5)ncn6C)c(C)c4)c3nc12.[CH3-].[CH3-].[Li+]. The predicted molar refractivity (Wildman–Crippen MR) is 183 cm³/mol. The zero-order valence-corrected chi connectivity index (χ0v) is 27.9. The molecule has 11 heteroatoms. The molecule has 2 aliphatic heterocycles. The average Bonchev–Trinajstić information content (AvgIpc) is 3.33. The first-order valence-electron chi connectivity index (χ1n) is 14.9. The molecule has 10 nitrogen and oxygen atoms in total. The van der Waals surface area contributed by atoms with Crippen molar-refractivity contribution in [2.45, 2.75) is 26.2 Å². The van der Waals surface area contributed by atoms with E-state index in [0.717, 1.165) is 71.3 Å². The zero-order chi connectivity index (χ0) is 30.2. The van der Waals surface area contributed by atoms with Crippen molar-refractivity contribution < 1.29 is 33.1 Å². The van der Waals surface area contributed by atoms with Crippen molar-refractivity contribution in [3.63, 3.8) is 0 Å². The van der Waals surface area contributed by atoms with Gasteiger partial charge < -0.3 is 43.9 Å². The minimum atomic E-state index is 0. The maximum absolute atomic E-state index is 12.0. The molecule has 2 bridgehead atoms. The van der Waals surface area contributed by atoms with Gasteiger partial charge in [0.2, 0.25) is 0 Å². The van der Waals surface area contributed by atoms with Crippen LogP contribution in [-0.2, 0) is 11.8 Å². The van der Waals surface area contributed by atoms with Crippen LogP contribution in [-0.4, -0.2) is 50.0 Å². The van der Waals surface area contributed by atoms with Gasteiger partial charge in [-0.05, 0) is 68.0 Å². The minimum absolute atomic E-state index is 0. The first-order chi connectivity index (χ1) is 21.4. The second-order valence-electron chi connectivity index (χ2n) is 11.6. The van der Waals surface area contributed by atoms with E-state index in [1.54, 1.807) is 24.8 Å². The Bertz CT molecular complexity index is 1910. The van der Waals surface area contributed by atoms with E-state index in [-0.39, 0.29) is 39.5 Å². The Morgan fingerprint density at radius 1 is 1.13 bits per heavy atom. The molecule has 0 aliphatic carbocycles. The van der Waals surface area contributed by atoms with Crippen LogP contribution >= 0.6 is 0 Å². The molecular formula is C36H40LiN7O3-2. The number of aromatic nitrogens is 5. The van der Waals surface area contributed by atoms with Crippen LogP contribution in [0, 0.1) is 40.5 Å². The van der Waals surface area contributed by atoms with Gasteiger partial charge in [-0.15, -0.1) is 0 Å². The molecule has 47 heavy (non-hydrogen) atoms. The number of benzene rings is 2. The number of rotatable bonds is 8. The zero-order valence-electron chi connectivity index (χ0n) is 27.9. The minimum Gasteiger partial charge on any atom is -0.489 e. The molecule has 0 spiro atoms. The average molecular weight is 626 g/mol. The summed E-state index contributed by atoms with van der Waals surface area (Å²) in [5.41, 5.74) is 5.18. The number of hydrogen-bond acceptors (Lipinski definition) is 9. The number of allylic oxidation sites excluding steroid dienone is 2. The fraction of sp³-hybridized carbons (Fsp3) is 0.278. The van der Waals surface area contributed by atoms with E-state index >= 15 is 0 Å². The monoisotopic (exact) mass is 625 g/mol. The summed E-state index contributed by atoms with van der Waals surface area (Å²) < 4.78 is 14.5. The molecule has 5 aromatic rings. The molecule has 0 saturated carbocycles. The third kappa shape index (κ3) is 7.24. The third-order valence-corrected chi connectivity index (χ3v) is 8.63. The molecule has 1 fully saturated rings. The first-order valence-corrected chi connectivity index (χ1v) is 14.9. The van der Waals surface area contributed by atoms with Crippen LogP contribution < -0.4 is 38.6 Å². The Morgan fingerprint density at radius 2 is 1.98 bits per heavy atom. The smallest absolute Gasteiger partial charge is 0.489 e. The van der Waals surface area contributed by atoms with Crippen molar-refractivity contribution >= 4 is 45.2 Å². The van der Waals surface area contributed by atoms with Gasteiger partial charge >= 0.3 is 18.9 Å². The standard InChI is InChI=1S/C34H34N7O3.2CH3.Li/c1-4-5-25(42)8-6-22-12-13-41-17-23(22)18-43-31-16-28-32(39-34(31)41)33(36-19-35-28)38-24-7-11-30(21(2)14-24)44-26-9-10-29-27(15-26)37-20-40(29)3;;;/h4-5,7,9-11,14-16,19-20,22-23H,1,6,8,12-13,17-18H2,2-3H3,(H,35,36,38);2*1H3;/q3*-1;+1/b5-4+;;;/t22?,23-;;;/m0.../s1. The van der Waals surface area contributed by atoms with Gasteiger partial charge in [0.15, 0.2) is 17.4 Å². The van der Waals surface area contributed by atoms with E-state index < -0.39 is 0 Å². The molecule has 240 valence electrons. The number of imidazole rings is 1. The molecule has 0 radical (unpaired) electrons. The molecule has 3 aromatic heterocycles. The van der Waals surface area contributed by atoms with Gasteiger partial charge in [-0.2, -0.15) is 6.08 Å². The fourth-order valence-electron chi connectivity index (χ4n) is 6.25. The Kier molecular flexibility index (Phi) is 11.2. The van der Waals surface area contributed by atoms with Crippen molar-refractivity contribution in [2.24, 2.45) is 18.9 Å². The second-order valence-corrected chi connectivity index (χ2v) is 11.6. The second kappa shape index (κ2) is 14.9. The summed E-state index contributed by atoms with van der Waals surface area (Å²) >= 11 is 0. The Morgan fingerprint density at radius 3 is 2.79 bits per heavy atom. The molecule has 5 heterocycles. The molecule has 0 amide bonds. The number of nitrogens with one attached hydrogen (secondary N) is 1. The van der Waals surface area contributed by atoms with E-state index in [4.69, 9.17) is 14.5 Å². The van der Waals surface area contributed by atoms with E-state index in [1.807, 2.05) is 61.0 Å². The number of anilines is 3. The maximum Gasteiger partial charge on any atom is 1.00 e. The van der Waals surface area contributed by atoms with Crippen LogP contribution in [0.3, 0.4) is 0 Å². The van der Waals surface area contributed by atoms with Crippen LogP contribution in [0.1, 0.15) is 24.8 Å². The van der Waals surface area contributed by atoms with Crippen molar-refractivity contribution in [1.29, 1.82) is 0 Å². The number of pyridine rings is 1. The predicted octanol–water partition coefficient (Wildman–Crippen LogP) is 4.23. The molecule has 7 rings (SSSR count).